The Labute approximate surface area is 131 Å². The minimum absolute atomic E-state index is 0.198. The van der Waals surface area contributed by atoms with E-state index in [1.807, 2.05) is 0 Å². The topological polar surface area (TPSA) is 42.4 Å². The van der Waals surface area contributed by atoms with Crippen LogP contribution >= 0.6 is 0 Å². The van der Waals surface area contributed by atoms with E-state index >= 15 is 0 Å². The van der Waals surface area contributed by atoms with Crippen LogP contribution in [0.2, 0.25) is 0 Å². The predicted molar refractivity (Wildman–Crippen MR) is 78.8 cm³/mol. The average molecular weight is 323 g/mol. The molecule has 1 aliphatic carbocycles. The average Bonchev–Trinajstić information content (AvgIpc) is 3.36. The Balaban J connectivity index is 1.97. The van der Waals surface area contributed by atoms with Gasteiger partial charge in [-0.25, -0.2) is 4.98 Å². The first kappa shape index (κ1) is 15.8. The molecule has 0 radical (unpaired) electrons. The summed E-state index contributed by atoms with van der Waals surface area (Å²) in [6.45, 7) is 0.0648. The molecule has 2 aromatic rings. The van der Waals surface area contributed by atoms with Crippen LogP contribution in [0.25, 0.3) is 11.1 Å². The van der Waals surface area contributed by atoms with Crippen LogP contribution in [-0.2, 0) is 12.8 Å². The minimum Gasteiger partial charge on any atom is -0.477 e. The first-order valence-corrected chi connectivity index (χ1v) is 7.38. The van der Waals surface area contributed by atoms with Crippen LogP contribution in [0.5, 0.6) is 5.88 Å². The van der Waals surface area contributed by atoms with Gasteiger partial charge in [-0.2, -0.15) is 13.2 Å². The van der Waals surface area contributed by atoms with Crippen molar-refractivity contribution in [1.29, 1.82) is 0 Å². The SMILES string of the molecule is OCc1cc(C(F)(F)F)ccc1-c1cccnc1OCC1CC1. The zero-order valence-corrected chi connectivity index (χ0v) is 12.3. The number of aliphatic hydroxyl groups is 1. The summed E-state index contributed by atoms with van der Waals surface area (Å²) in [6.07, 6.45) is -0.605. The second-order valence-corrected chi connectivity index (χ2v) is 5.64. The van der Waals surface area contributed by atoms with Crippen molar-refractivity contribution in [3.05, 3.63) is 47.7 Å². The maximum Gasteiger partial charge on any atom is 0.416 e. The quantitative estimate of drug-likeness (QED) is 0.903. The first-order valence-electron chi connectivity index (χ1n) is 7.38. The smallest absolute Gasteiger partial charge is 0.416 e. The number of pyridine rings is 1. The number of aliphatic hydroxyl groups excluding tert-OH is 1. The molecule has 0 aliphatic heterocycles. The molecule has 0 bridgehead atoms. The summed E-state index contributed by atoms with van der Waals surface area (Å²) in [7, 11) is 0. The highest BCUT2D eigenvalue weighted by atomic mass is 19.4. The Kier molecular flexibility index (Phi) is 4.26. The van der Waals surface area contributed by atoms with Gasteiger partial charge < -0.3 is 9.84 Å². The Morgan fingerprint density at radius 3 is 2.61 bits per heavy atom. The zero-order chi connectivity index (χ0) is 16.4. The molecule has 23 heavy (non-hydrogen) atoms. The van der Waals surface area contributed by atoms with Gasteiger partial charge in [0, 0.05) is 11.8 Å². The Bertz CT molecular complexity index is 696. The summed E-state index contributed by atoms with van der Waals surface area (Å²) in [5, 5.41) is 9.46. The second kappa shape index (κ2) is 6.20. The fraction of sp³-hybridized carbons (Fsp3) is 0.353. The lowest BCUT2D eigenvalue weighted by Gasteiger charge is -2.15. The van der Waals surface area contributed by atoms with Gasteiger partial charge in [0.15, 0.2) is 0 Å². The summed E-state index contributed by atoms with van der Waals surface area (Å²) >= 11 is 0. The highest BCUT2D eigenvalue weighted by Gasteiger charge is 2.31. The molecule has 1 fully saturated rings. The lowest BCUT2D eigenvalue weighted by atomic mass is 9.98. The Morgan fingerprint density at radius 1 is 1.17 bits per heavy atom. The van der Waals surface area contributed by atoms with E-state index in [2.05, 4.69) is 4.98 Å². The van der Waals surface area contributed by atoms with Crippen molar-refractivity contribution < 1.29 is 23.0 Å². The maximum absolute atomic E-state index is 12.8. The van der Waals surface area contributed by atoms with Crippen LogP contribution < -0.4 is 4.74 Å². The summed E-state index contributed by atoms with van der Waals surface area (Å²) in [5.74, 6) is 0.920. The number of hydrogen-bond donors (Lipinski definition) is 1. The molecule has 1 N–H and O–H groups in total. The van der Waals surface area contributed by atoms with Gasteiger partial charge in [-0.3, -0.25) is 0 Å². The first-order chi connectivity index (χ1) is 11.0. The Morgan fingerprint density at radius 2 is 1.96 bits per heavy atom. The standard InChI is InChI=1S/C17H16F3NO2/c18-17(19,20)13-5-6-14(12(8-13)9-22)15-2-1-7-21-16(15)23-10-11-3-4-11/h1-2,5-8,11,22H,3-4,9-10H2. The molecule has 6 heteroatoms. The summed E-state index contributed by atoms with van der Waals surface area (Å²) < 4.78 is 44.1. The number of benzene rings is 1. The van der Waals surface area contributed by atoms with Crippen molar-refractivity contribution in [1.82, 2.24) is 4.98 Å². The van der Waals surface area contributed by atoms with Gasteiger partial charge in [0.25, 0.3) is 0 Å². The third kappa shape index (κ3) is 3.64. The van der Waals surface area contributed by atoms with E-state index in [1.54, 1.807) is 18.3 Å². The molecule has 0 saturated heterocycles. The van der Waals surface area contributed by atoms with Crippen molar-refractivity contribution in [3.8, 4) is 17.0 Å². The van der Waals surface area contributed by atoms with Gasteiger partial charge in [0.2, 0.25) is 5.88 Å². The van der Waals surface area contributed by atoms with E-state index in [-0.39, 0.29) is 5.56 Å². The van der Waals surface area contributed by atoms with Gasteiger partial charge in [-0.05, 0) is 54.2 Å². The van der Waals surface area contributed by atoms with Crippen molar-refractivity contribution in [2.45, 2.75) is 25.6 Å². The van der Waals surface area contributed by atoms with E-state index in [0.717, 1.165) is 25.0 Å². The van der Waals surface area contributed by atoms with Crippen molar-refractivity contribution in [2.24, 2.45) is 5.92 Å². The van der Waals surface area contributed by atoms with Crippen LogP contribution in [0.1, 0.15) is 24.0 Å². The second-order valence-electron chi connectivity index (χ2n) is 5.64. The molecule has 3 rings (SSSR count). The number of hydrogen-bond acceptors (Lipinski definition) is 3. The molecule has 1 aromatic carbocycles. The van der Waals surface area contributed by atoms with Crippen molar-refractivity contribution in [3.63, 3.8) is 0 Å². The molecular formula is C17H16F3NO2. The van der Waals surface area contributed by atoms with Gasteiger partial charge in [0.1, 0.15) is 0 Å². The molecule has 3 nitrogen and oxygen atoms in total. The van der Waals surface area contributed by atoms with Crippen LogP contribution in [0.15, 0.2) is 36.5 Å². The summed E-state index contributed by atoms with van der Waals surface area (Å²) in [4.78, 5) is 4.18. The van der Waals surface area contributed by atoms with Crippen LogP contribution in [0.4, 0.5) is 13.2 Å². The van der Waals surface area contributed by atoms with E-state index in [0.29, 0.717) is 29.5 Å². The zero-order valence-electron chi connectivity index (χ0n) is 12.3. The maximum atomic E-state index is 12.8. The predicted octanol–water partition coefficient (Wildman–Crippen LogP) is 4.05. The minimum atomic E-state index is -4.44. The normalized spacial score (nSPS) is 14.8. The molecule has 1 saturated carbocycles. The molecule has 0 amide bonds. The van der Waals surface area contributed by atoms with Crippen LogP contribution in [0, 0.1) is 5.92 Å². The molecule has 0 unspecified atom stereocenters. The molecule has 1 aliphatic rings. The number of nitrogens with zero attached hydrogens (tertiary/aromatic N) is 1. The van der Waals surface area contributed by atoms with Gasteiger partial charge >= 0.3 is 6.18 Å². The highest BCUT2D eigenvalue weighted by molar-refractivity contribution is 5.72. The van der Waals surface area contributed by atoms with Crippen molar-refractivity contribution in [2.75, 3.05) is 6.61 Å². The van der Waals surface area contributed by atoms with Crippen LogP contribution in [-0.4, -0.2) is 16.7 Å². The molecule has 122 valence electrons. The molecular weight excluding hydrogens is 307 g/mol. The summed E-state index contributed by atoms with van der Waals surface area (Å²) in [5.41, 5.74) is 0.504. The highest BCUT2D eigenvalue weighted by Crippen LogP contribution is 2.37. The van der Waals surface area contributed by atoms with Crippen molar-refractivity contribution >= 4 is 0 Å². The number of ether oxygens (including phenoxy) is 1. The number of rotatable bonds is 5. The summed E-state index contributed by atoms with van der Waals surface area (Å²) in [6, 6.07) is 6.75. The molecule has 0 atom stereocenters. The largest absolute Gasteiger partial charge is 0.477 e. The van der Waals surface area contributed by atoms with E-state index < -0.39 is 18.3 Å². The van der Waals surface area contributed by atoms with E-state index in [9.17, 15) is 18.3 Å². The van der Waals surface area contributed by atoms with Gasteiger partial charge in [-0.1, -0.05) is 6.07 Å². The lowest BCUT2D eigenvalue weighted by molar-refractivity contribution is -0.137. The number of alkyl halides is 3. The molecule has 0 spiro atoms. The molecule has 1 aromatic heterocycles. The third-order valence-electron chi connectivity index (χ3n) is 3.82. The molecule has 1 heterocycles. The van der Waals surface area contributed by atoms with Gasteiger partial charge in [-0.15, -0.1) is 0 Å². The van der Waals surface area contributed by atoms with Gasteiger partial charge in [0.05, 0.1) is 18.8 Å². The third-order valence-corrected chi connectivity index (χ3v) is 3.82. The van der Waals surface area contributed by atoms with E-state index in [1.165, 1.54) is 6.07 Å². The fourth-order valence-electron chi connectivity index (χ4n) is 2.36. The monoisotopic (exact) mass is 323 g/mol. The fourth-order valence-corrected chi connectivity index (χ4v) is 2.36. The van der Waals surface area contributed by atoms with Crippen LogP contribution in [0.3, 0.4) is 0 Å². The Hall–Kier alpha value is -2.08. The van der Waals surface area contributed by atoms with E-state index in [4.69, 9.17) is 4.74 Å². The number of aromatic nitrogens is 1. The number of halogens is 3. The lowest BCUT2D eigenvalue weighted by Crippen LogP contribution is -2.07.